The van der Waals surface area contributed by atoms with E-state index in [1.807, 2.05) is 44.3 Å². The molecule has 0 spiro atoms. The number of tetrazole rings is 1. The number of amides is 1. The second-order valence-corrected chi connectivity index (χ2v) is 7.63. The number of benzene rings is 1. The Morgan fingerprint density at radius 3 is 2.76 bits per heavy atom. The van der Waals surface area contributed by atoms with Gasteiger partial charge in [-0.2, -0.15) is 4.68 Å². The molecule has 0 bridgehead atoms. The smallest absolute Gasteiger partial charge is 0.297 e. The number of rotatable bonds is 6. The Morgan fingerprint density at radius 1 is 1.21 bits per heavy atom. The molecule has 4 rings (SSSR count). The topological polar surface area (TPSA) is 100 Å². The highest BCUT2D eigenvalue weighted by atomic mass is 32.2. The van der Waals surface area contributed by atoms with Gasteiger partial charge < -0.3 is 9.64 Å². The largest absolute Gasteiger partial charge is 0.370 e. The average molecular weight is 415 g/mol. The quantitative estimate of drug-likeness (QED) is 0.538. The third kappa shape index (κ3) is 3.70. The molecular weight excluding hydrogens is 394 g/mol. The number of para-hydroxylation sites is 1. The van der Waals surface area contributed by atoms with Crippen LogP contribution >= 0.6 is 11.8 Å². The summed E-state index contributed by atoms with van der Waals surface area (Å²) < 4.78 is 10.00. The minimum Gasteiger partial charge on any atom is -0.370 e. The molecule has 0 atom stereocenters. The zero-order valence-corrected chi connectivity index (χ0v) is 17.0. The fourth-order valence-corrected chi connectivity index (χ4v) is 4.08. The number of hydrogen-bond acceptors (Lipinski definition) is 7. The summed E-state index contributed by atoms with van der Waals surface area (Å²) in [4.78, 5) is 26.8. The summed E-state index contributed by atoms with van der Waals surface area (Å²) in [6, 6.07) is 9.42. The van der Waals surface area contributed by atoms with Crippen LogP contribution in [0.25, 0.3) is 11.4 Å². The molecule has 29 heavy (non-hydrogen) atoms. The number of morpholine rings is 1. The van der Waals surface area contributed by atoms with Gasteiger partial charge in [0.05, 0.1) is 18.0 Å². The van der Waals surface area contributed by atoms with Gasteiger partial charge in [-0.1, -0.05) is 30.0 Å². The number of thioether (sulfide) groups is 1. The zero-order chi connectivity index (χ0) is 20.4. The van der Waals surface area contributed by atoms with E-state index in [2.05, 4.69) is 15.5 Å². The highest BCUT2D eigenvalue weighted by molar-refractivity contribution is 7.99. The van der Waals surface area contributed by atoms with E-state index in [0.717, 1.165) is 11.4 Å². The minimum atomic E-state index is -0.200. The molecule has 1 saturated heterocycles. The molecule has 1 aliphatic heterocycles. The van der Waals surface area contributed by atoms with Gasteiger partial charge in [-0.3, -0.25) is 14.3 Å². The van der Waals surface area contributed by atoms with Crippen molar-refractivity contribution in [3.8, 4) is 11.4 Å². The predicted molar refractivity (Wildman–Crippen MR) is 107 cm³/mol. The van der Waals surface area contributed by atoms with Crippen LogP contribution in [0.1, 0.15) is 5.69 Å². The molecule has 3 aromatic rings. The first kappa shape index (κ1) is 19.4. The van der Waals surface area contributed by atoms with Gasteiger partial charge in [-0.05, 0) is 29.5 Å². The summed E-state index contributed by atoms with van der Waals surface area (Å²) in [5.74, 6) is 0.603. The van der Waals surface area contributed by atoms with Gasteiger partial charge in [0.2, 0.25) is 11.1 Å². The van der Waals surface area contributed by atoms with Crippen LogP contribution in [0.4, 0.5) is 0 Å². The lowest BCUT2D eigenvalue weighted by Gasteiger charge is -2.26. The number of aromatic nitrogens is 6. The van der Waals surface area contributed by atoms with Gasteiger partial charge in [-0.15, -0.1) is 5.10 Å². The summed E-state index contributed by atoms with van der Waals surface area (Å²) in [6.07, 6.45) is 0. The molecule has 0 N–H and O–H groups in total. The lowest BCUT2D eigenvalue weighted by atomic mass is 10.3. The lowest BCUT2D eigenvalue weighted by Crippen LogP contribution is -2.42. The Bertz CT molecular complexity index is 1070. The van der Waals surface area contributed by atoms with Crippen LogP contribution in [0, 0.1) is 6.92 Å². The van der Waals surface area contributed by atoms with Gasteiger partial charge in [0, 0.05) is 25.9 Å². The van der Waals surface area contributed by atoms with Crippen LogP contribution in [0.2, 0.25) is 0 Å². The van der Waals surface area contributed by atoms with E-state index in [9.17, 15) is 9.59 Å². The summed E-state index contributed by atoms with van der Waals surface area (Å²) in [5.41, 5.74) is 1.72. The van der Waals surface area contributed by atoms with Crippen molar-refractivity contribution in [3.63, 3.8) is 0 Å². The van der Waals surface area contributed by atoms with Crippen LogP contribution in [-0.4, -0.2) is 72.4 Å². The van der Waals surface area contributed by atoms with Crippen LogP contribution in [0.15, 0.2) is 40.3 Å². The van der Waals surface area contributed by atoms with E-state index in [1.54, 1.807) is 14.3 Å². The first-order valence-electron chi connectivity index (χ1n) is 9.19. The summed E-state index contributed by atoms with van der Waals surface area (Å²) in [6.45, 7) is 3.70. The normalized spacial score (nSPS) is 14.6. The Balaban J connectivity index is 1.58. The first-order valence-corrected chi connectivity index (χ1v) is 10.2. The van der Waals surface area contributed by atoms with Crippen molar-refractivity contribution in [2.45, 2.75) is 12.1 Å². The summed E-state index contributed by atoms with van der Waals surface area (Å²) in [7, 11) is 1.83. The van der Waals surface area contributed by atoms with Crippen molar-refractivity contribution in [2.24, 2.45) is 7.05 Å². The summed E-state index contributed by atoms with van der Waals surface area (Å²) in [5, 5.41) is 12.4. The van der Waals surface area contributed by atoms with Crippen LogP contribution < -0.4 is 5.56 Å². The molecule has 1 amide bonds. The number of carbonyl (C=O) groups is 1. The van der Waals surface area contributed by atoms with Crippen molar-refractivity contribution < 1.29 is 9.53 Å². The van der Waals surface area contributed by atoms with Crippen molar-refractivity contribution in [1.29, 1.82) is 0 Å². The minimum absolute atomic E-state index is 0.0129. The number of ether oxygens (including phenoxy) is 1. The molecule has 1 fully saturated rings. The second-order valence-electron chi connectivity index (χ2n) is 6.57. The van der Waals surface area contributed by atoms with E-state index < -0.39 is 0 Å². The lowest BCUT2D eigenvalue weighted by molar-refractivity contribution is -0.142. The molecule has 0 saturated carbocycles. The molecule has 2 aromatic heterocycles. The maximum absolute atomic E-state index is 13.2. The van der Waals surface area contributed by atoms with Crippen LogP contribution in [0.5, 0.6) is 0 Å². The zero-order valence-electron chi connectivity index (χ0n) is 16.2. The summed E-state index contributed by atoms with van der Waals surface area (Å²) >= 11 is 1.41. The van der Waals surface area contributed by atoms with Crippen molar-refractivity contribution in [2.75, 3.05) is 32.1 Å². The third-order valence-corrected chi connectivity index (χ3v) is 5.75. The molecule has 152 valence electrons. The van der Waals surface area contributed by atoms with E-state index >= 15 is 0 Å². The molecule has 11 heteroatoms. The molecule has 1 aliphatic rings. The highest BCUT2D eigenvalue weighted by Crippen LogP contribution is 2.20. The maximum Gasteiger partial charge on any atom is 0.297 e. The van der Waals surface area contributed by atoms with Crippen LogP contribution in [-0.2, 0) is 16.6 Å². The number of nitrogens with zero attached hydrogens (tertiary/aromatic N) is 7. The first-order chi connectivity index (χ1) is 14.1. The molecule has 0 aliphatic carbocycles. The van der Waals surface area contributed by atoms with Crippen molar-refractivity contribution >= 4 is 17.7 Å². The maximum atomic E-state index is 13.2. The van der Waals surface area contributed by atoms with Crippen molar-refractivity contribution in [1.82, 2.24) is 34.5 Å². The van der Waals surface area contributed by atoms with Crippen LogP contribution in [0.3, 0.4) is 0 Å². The van der Waals surface area contributed by atoms with Gasteiger partial charge in [-0.25, -0.2) is 4.68 Å². The van der Waals surface area contributed by atoms with Gasteiger partial charge in [0.15, 0.2) is 5.69 Å². The van der Waals surface area contributed by atoms with E-state index in [-0.39, 0.29) is 18.1 Å². The Morgan fingerprint density at radius 2 is 2.00 bits per heavy atom. The highest BCUT2D eigenvalue weighted by Gasteiger charge is 2.23. The monoisotopic (exact) mass is 415 g/mol. The van der Waals surface area contributed by atoms with Gasteiger partial charge >= 0.3 is 0 Å². The second kappa shape index (κ2) is 8.21. The van der Waals surface area contributed by atoms with E-state index in [1.165, 1.54) is 16.4 Å². The molecule has 0 unspecified atom stereocenters. The predicted octanol–water partition coefficient (Wildman–Crippen LogP) is 0.411. The molecule has 10 nitrogen and oxygen atoms in total. The average Bonchev–Trinajstić information content (AvgIpc) is 3.26. The third-order valence-electron chi connectivity index (χ3n) is 4.85. The van der Waals surface area contributed by atoms with Gasteiger partial charge in [0.25, 0.3) is 5.56 Å². The number of carbonyl (C=O) groups excluding carboxylic acids is 1. The molecule has 0 radical (unpaired) electrons. The Kier molecular flexibility index (Phi) is 5.49. The van der Waals surface area contributed by atoms with Gasteiger partial charge in [0.1, 0.15) is 6.61 Å². The standard InChI is InChI=1S/C18H21N7O3S/c1-13-16(17(27)25(22(13)2)14-6-4-3-5-7-14)24-18(19-20-21-24)29-11-9-23-8-10-28-12-15(23)26/h3-7H,8-12H2,1-2H3. The fraction of sp³-hybridized carbons (Fsp3) is 0.389. The molecular formula is C18H21N7O3S. The molecule has 3 heterocycles. The number of hydrogen-bond donors (Lipinski definition) is 0. The van der Waals surface area contributed by atoms with E-state index in [4.69, 9.17) is 4.74 Å². The van der Waals surface area contributed by atoms with E-state index in [0.29, 0.717) is 36.3 Å². The Labute approximate surface area is 171 Å². The SMILES string of the molecule is Cc1c(-n2nnnc2SCCN2CCOCC2=O)c(=O)n(-c2ccccc2)n1C. The molecule has 1 aromatic carbocycles. The van der Waals surface area contributed by atoms with Crippen molar-refractivity contribution in [3.05, 3.63) is 46.4 Å². The Hall–Kier alpha value is -2.92. The fourth-order valence-electron chi connectivity index (χ4n) is 3.24.